The van der Waals surface area contributed by atoms with Crippen molar-refractivity contribution in [1.82, 2.24) is 4.57 Å². The first kappa shape index (κ1) is 18.2. The first-order valence-electron chi connectivity index (χ1n) is 8.82. The van der Waals surface area contributed by atoms with E-state index >= 15 is 0 Å². The van der Waals surface area contributed by atoms with Crippen molar-refractivity contribution >= 4 is 38.6 Å². The smallest absolute Gasteiger partial charge is 0.408 e. The van der Waals surface area contributed by atoms with E-state index < -0.39 is 15.8 Å². The van der Waals surface area contributed by atoms with E-state index in [1.807, 2.05) is 18.2 Å². The Morgan fingerprint density at radius 3 is 2.67 bits per heavy atom. The summed E-state index contributed by atoms with van der Waals surface area (Å²) in [6, 6.07) is 11.9. The highest BCUT2D eigenvalue weighted by atomic mass is 32.2. The second-order valence-corrected chi connectivity index (χ2v) is 9.71. The van der Waals surface area contributed by atoms with Crippen molar-refractivity contribution in [3.63, 3.8) is 0 Å². The summed E-state index contributed by atoms with van der Waals surface area (Å²) < 4.78 is 34.9. The highest BCUT2D eigenvalue weighted by molar-refractivity contribution is 8.00. The van der Waals surface area contributed by atoms with Gasteiger partial charge in [-0.05, 0) is 37.1 Å². The van der Waals surface area contributed by atoms with Crippen LogP contribution in [0.2, 0.25) is 0 Å². The van der Waals surface area contributed by atoms with Crippen molar-refractivity contribution < 1.29 is 12.8 Å². The number of oxazole rings is 1. The van der Waals surface area contributed by atoms with Gasteiger partial charge in [-0.15, -0.1) is 11.8 Å². The molecule has 27 heavy (non-hydrogen) atoms. The Morgan fingerprint density at radius 1 is 1.15 bits per heavy atom. The molecule has 3 aromatic rings. The van der Waals surface area contributed by atoms with E-state index in [4.69, 9.17) is 4.42 Å². The molecule has 2 aromatic carbocycles. The molecule has 0 radical (unpaired) electrons. The second kappa shape index (κ2) is 7.09. The molecule has 0 atom stereocenters. The van der Waals surface area contributed by atoms with Crippen molar-refractivity contribution in [2.75, 3.05) is 4.72 Å². The Balaban J connectivity index is 1.64. The number of hydrogen-bond donors (Lipinski definition) is 1. The van der Waals surface area contributed by atoms with Gasteiger partial charge in [-0.1, -0.05) is 25.0 Å². The van der Waals surface area contributed by atoms with Crippen LogP contribution in [0.4, 0.5) is 5.69 Å². The lowest BCUT2D eigenvalue weighted by molar-refractivity contribution is 0.527. The fraction of sp³-hybridized carbons (Fsp3) is 0.316. The lowest BCUT2D eigenvalue weighted by Gasteiger charge is -2.15. The molecule has 8 heteroatoms. The summed E-state index contributed by atoms with van der Waals surface area (Å²) in [4.78, 5) is 12.6. The maximum absolute atomic E-state index is 12.9. The number of benzene rings is 2. The van der Waals surface area contributed by atoms with E-state index in [0.29, 0.717) is 16.5 Å². The lowest BCUT2D eigenvalue weighted by Crippen LogP contribution is -2.13. The van der Waals surface area contributed by atoms with Crippen LogP contribution in [0.3, 0.4) is 0 Å². The van der Waals surface area contributed by atoms with Crippen molar-refractivity contribution in [2.45, 2.75) is 40.7 Å². The number of sulfonamides is 1. The summed E-state index contributed by atoms with van der Waals surface area (Å²) in [7, 11) is -2.22. The predicted molar refractivity (Wildman–Crippen MR) is 107 cm³/mol. The quantitative estimate of drug-likeness (QED) is 0.696. The van der Waals surface area contributed by atoms with Gasteiger partial charge in [0, 0.05) is 23.3 Å². The molecule has 1 heterocycles. The maximum Gasteiger partial charge on any atom is 0.419 e. The number of aromatic nitrogens is 1. The highest BCUT2D eigenvalue weighted by Crippen LogP contribution is 2.38. The van der Waals surface area contributed by atoms with E-state index in [1.165, 1.54) is 29.5 Å². The average molecular weight is 405 g/mol. The Kier molecular flexibility index (Phi) is 4.77. The van der Waals surface area contributed by atoms with Crippen LogP contribution in [0.1, 0.15) is 25.7 Å². The lowest BCUT2D eigenvalue weighted by atomic mass is 10.3. The average Bonchev–Trinajstić information content (AvgIpc) is 3.25. The third kappa shape index (κ3) is 3.64. The minimum absolute atomic E-state index is 0.0602. The topological polar surface area (TPSA) is 81.3 Å². The van der Waals surface area contributed by atoms with Crippen LogP contribution in [0.25, 0.3) is 11.1 Å². The summed E-state index contributed by atoms with van der Waals surface area (Å²) in [5.41, 5.74) is 1.37. The summed E-state index contributed by atoms with van der Waals surface area (Å²) in [6.45, 7) is 0. The van der Waals surface area contributed by atoms with Gasteiger partial charge in [0.25, 0.3) is 10.0 Å². The third-order valence-electron chi connectivity index (χ3n) is 4.80. The zero-order valence-electron chi connectivity index (χ0n) is 14.8. The normalized spacial score (nSPS) is 15.4. The van der Waals surface area contributed by atoms with E-state index in [2.05, 4.69) is 4.72 Å². The minimum atomic E-state index is -3.80. The standard InChI is InChI=1S/C19H20N2O4S2/c1-21-16-11-10-14(12-17(16)25-19(21)22)27(23,24)20-15-8-4-5-9-18(15)26-13-6-2-3-7-13/h4-5,8-13,20H,2-3,6-7H2,1H3. The van der Waals surface area contributed by atoms with Gasteiger partial charge in [-0.3, -0.25) is 9.29 Å². The molecule has 0 saturated heterocycles. The summed E-state index contributed by atoms with van der Waals surface area (Å²) >= 11 is 1.73. The molecular formula is C19H20N2O4S2. The number of rotatable bonds is 5. The predicted octanol–water partition coefficient (Wildman–Crippen LogP) is 3.97. The summed E-state index contributed by atoms with van der Waals surface area (Å²) in [5, 5.41) is 0.533. The number of hydrogen-bond acceptors (Lipinski definition) is 5. The number of thioether (sulfide) groups is 1. The number of para-hydroxylation sites is 1. The molecule has 6 nitrogen and oxygen atoms in total. The summed E-state index contributed by atoms with van der Waals surface area (Å²) in [6.07, 6.45) is 4.78. The molecule has 0 bridgehead atoms. The molecule has 4 rings (SSSR count). The highest BCUT2D eigenvalue weighted by Gasteiger charge is 2.21. The zero-order valence-corrected chi connectivity index (χ0v) is 16.5. The van der Waals surface area contributed by atoms with Crippen LogP contribution < -0.4 is 10.5 Å². The number of nitrogens with one attached hydrogen (secondary N) is 1. The van der Waals surface area contributed by atoms with Gasteiger partial charge in [-0.2, -0.15) is 0 Å². The van der Waals surface area contributed by atoms with Gasteiger partial charge in [0.15, 0.2) is 5.58 Å². The van der Waals surface area contributed by atoms with Crippen LogP contribution in [-0.4, -0.2) is 18.2 Å². The van der Waals surface area contributed by atoms with Crippen LogP contribution in [0.5, 0.6) is 0 Å². The molecular weight excluding hydrogens is 384 g/mol. The Hall–Kier alpha value is -2.19. The molecule has 0 spiro atoms. The monoisotopic (exact) mass is 404 g/mol. The molecule has 0 unspecified atom stereocenters. The van der Waals surface area contributed by atoms with Gasteiger partial charge in [0.2, 0.25) is 0 Å². The van der Waals surface area contributed by atoms with Crippen molar-refractivity contribution in [1.29, 1.82) is 0 Å². The summed E-state index contributed by atoms with van der Waals surface area (Å²) in [5.74, 6) is -0.522. The van der Waals surface area contributed by atoms with Gasteiger partial charge in [-0.25, -0.2) is 13.2 Å². The van der Waals surface area contributed by atoms with Crippen molar-refractivity contribution in [3.05, 3.63) is 53.0 Å². The van der Waals surface area contributed by atoms with Crippen molar-refractivity contribution in [2.24, 2.45) is 7.05 Å². The van der Waals surface area contributed by atoms with E-state index in [-0.39, 0.29) is 10.5 Å². The molecule has 1 N–H and O–H groups in total. The van der Waals surface area contributed by atoms with Gasteiger partial charge in [0.1, 0.15) is 0 Å². The van der Waals surface area contributed by atoms with E-state index in [9.17, 15) is 13.2 Å². The third-order valence-corrected chi connectivity index (χ3v) is 7.58. The zero-order chi connectivity index (χ0) is 19.0. The molecule has 0 amide bonds. The fourth-order valence-electron chi connectivity index (χ4n) is 3.32. The number of fused-ring (bicyclic) bond motifs is 1. The van der Waals surface area contributed by atoms with Crippen LogP contribution in [0.15, 0.2) is 61.5 Å². The molecule has 1 aromatic heterocycles. The molecule has 1 fully saturated rings. The van der Waals surface area contributed by atoms with Crippen LogP contribution in [-0.2, 0) is 17.1 Å². The van der Waals surface area contributed by atoms with Crippen molar-refractivity contribution in [3.8, 4) is 0 Å². The largest absolute Gasteiger partial charge is 0.419 e. The van der Waals surface area contributed by atoms with Crippen LogP contribution >= 0.6 is 11.8 Å². The maximum atomic E-state index is 12.9. The molecule has 0 aliphatic heterocycles. The number of anilines is 1. The first-order chi connectivity index (χ1) is 12.9. The Morgan fingerprint density at radius 2 is 1.89 bits per heavy atom. The SMILES string of the molecule is Cn1c(=O)oc2cc(S(=O)(=O)Nc3ccccc3SC3CCCC3)ccc21. The van der Waals surface area contributed by atoms with E-state index in [0.717, 1.165) is 17.7 Å². The molecule has 1 aliphatic carbocycles. The van der Waals surface area contributed by atoms with Gasteiger partial charge < -0.3 is 4.42 Å². The fourth-order valence-corrected chi connectivity index (χ4v) is 5.82. The van der Waals surface area contributed by atoms with E-state index in [1.54, 1.807) is 30.9 Å². The Bertz CT molecular complexity index is 1140. The molecule has 142 valence electrons. The number of aryl methyl sites for hydroxylation is 1. The molecule has 1 aliphatic rings. The minimum Gasteiger partial charge on any atom is -0.408 e. The number of nitrogens with zero attached hydrogens (tertiary/aromatic N) is 1. The molecule has 1 saturated carbocycles. The Labute approximate surface area is 161 Å². The second-order valence-electron chi connectivity index (χ2n) is 6.68. The van der Waals surface area contributed by atoms with Gasteiger partial charge >= 0.3 is 5.76 Å². The van der Waals surface area contributed by atoms with Gasteiger partial charge in [0.05, 0.1) is 16.1 Å². The first-order valence-corrected chi connectivity index (χ1v) is 11.2. The van der Waals surface area contributed by atoms with Crippen LogP contribution in [0, 0.1) is 0 Å².